The lowest BCUT2D eigenvalue weighted by Crippen LogP contribution is -2.35. The summed E-state index contributed by atoms with van der Waals surface area (Å²) in [5, 5.41) is 2.88. The number of imidazole rings is 1. The highest BCUT2D eigenvalue weighted by Gasteiger charge is 2.21. The van der Waals surface area contributed by atoms with E-state index in [1.165, 1.54) is 0 Å². The lowest BCUT2D eigenvalue weighted by molar-refractivity contribution is -0.123. The Morgan fingerprint density at radius 1 is 1.12 bits per heavy atom. The van der Waals surface area contributed by atoms with Crippen molar-refractivity contribution in [3.05, 3.63) is 59.9 Å². The van der Waals surface area contributed by atoms with Gasteiger partial charge in [0, 0.05) is 48.8 Å². The van der Waals surface area contributed by atoms with Crippen molar-refractivity contribution in [2.75, 3.05) is 26.8 Å². The summed E-state index contributed by atoms with van der Waals surface area (Å²) in [5.74, 6) is 1.47. The van der Waals surface area contributed by atoms with E-state index < -0.39 is 0 Å². The van der Waals surface area contributed by atoms with E-state index in [-0.39, 0.29) is 25.0 Å². The molecule has 2 amide bonds. The summed E-state index contributed by atoms with van der Waals surface area (Å²) >= 11 is 0. The summed E-state index contributed by atoms with van der Waals surface area (Å²) in [5.41, 5.74) is 3.07. The number of rotatable bonds is 2. The van der Waals surface area contributed by atoms with Crippen molar-refractivity contribution in [3.8, 4) is 28.6 Å². The number of carbonyl (C=O) groups excluding carboxylic acids is 2. The molecule has 0 spiro atoms. The Hall–Kier alpha value is -3.81. The molecule has 0 aliphatic carbocycles. The Morgan fingerprint density at radius 2 is 1.97 bits per heavy atom. The second kappa shape index (κ2) is 8.97. The van der Waals surface area contributed by atoms with Gasteiger partial charge in [-0.05, 0) is 61.2 Å². The highest BCUT2D eigenvalue weighted by atomic mass is 16.5. The zero-order chi connectivity index (χ0) is 22.8. The molecule has 2 aliphatic rings. The third kappa shape index (κ3) is 4.28. The summed E-state index contributed by atoms with van der Waals surface area (Å²) in [6, 6.07) is 11.2. The number of ether oxygens (including phenoxy) is 2. The minimum atomic E-state index is -0.256. The monoisotopic (exact) mass is 446 g/mol. The first-order valence-electron chi connectivity index (χ1n) is 11.2. The zero-order valence-electron chi connectivity index (χ0n) is 18.5. The molecular weight excluding hydrogens is 420 g/mol. The molecule has 1 aromatic heterocycles. The SMILES string of the molecule is COc1ccc2cc1OCC(=O)NCc1cc(C(=O)N3CCCCC3)cc(c1)-n1ccnc1-2. The average molecular weight is 447 g/mol. The van der Waals surface area contributed by atoms with Crippen molar-refractivity contribution in [2.24, 2.45) is 0 Å². The number of piperidine rings is 1. The molecule has 2 aromatic carbocycles. The highest BCUT2D eigenvalue weighted by molar-refractivity contribution is 5.95. The van der Waals surface area contributed by atoms with Crippen LogP contribution in [0, 0.1) is 0 Å². The molecule has 170 valence electrons. The fourth-order valence-electron chi connectivity index (χ4n) is 4.37. The van der Waals surface area contributed by atoms with Crippen LogP contribution in [-0.4, -0.2) is 53.1 Å². The Morgan fingerprint density at radius 3 is 2.79 bits per heavy atom. The van der Waals surface area contributed by atoms with E-state index in [1.54, 1.807) is 19.4 Å². The van der Waals surface area contributed by atoms with E-state index in [1.807, 2.05) is 46.0 Å². The standard InChI is InChI=1S/C25H26N4O4/c1-32-21-6-5-18-14-22(21)33-16-23(30)27-15-17-11-19(25(31)28-8-3-2-4-9-28)13-20(12-17)29-10-7-26-24(18)29/h5-7,10-14H,2-4,8-9,15-16H2,1H3,(H,27,30). The number of fused-ring (bicyclic) bond motifs is 7. The Labute approximate surface area is 192 Å². The first-order chi connectivity index (χ1) is 16.1. The molecule has 8 nitrogen and oxygen atoms in total. The van der Waals surface area contributed by atoms with E-state index in [0.717, 1.165) is 49.2 Å². The first kappa shape index (κ1) is 21.1. The largest absolute Gasteiger partial charge is 0.493 e. The molecule has 0 unspecified atom stereocenters. The van der Waals surface area contributed by atoms with Gasteiger partial charge in [0.05, 0.1) is 7.11 Å². The van der Waals surface area contributed by atoms with Crippen molar-refractivity contribution in [1.82, 2.24) is 19.8 Å². The highest BCUT2D eigenvalue weighted by Crippen LogP contribution is 2.33. The molecule has 5 rings (SSSR count). The fraction of sp³-hybridized carbons (Fsp3) is 0.320. The van der Waals surface area contributed by atoms with Crippen molar-refractivity contribution >= 4 is 11.8 Å². The van der Waals surface area contributed by atoms with Crippen molar-refractivity contribution in [1.29, 1.82) is 0 Å². The molecule has 33 heavy (non-hydrogen) atoms. The number of carbonyl (C=O) groups is 2. The van der Waals surface area contributed by atoms with E-state index in [2.05, 4.69) is 10.3 Å². The molecule has 2 aliphatic heterocycles. The van der Waals surface area contributed by atoms with Crippen LogP contribution >= 0.6 is 0 Å². The fourth-order valence-corrected chi connectivity index (χ4v) is 4.37. The number of nitrogens with one attached hydrogen (secondary N) is 1. The topological polar surface area (TPSA) is 85.7 Å². The minimum Gasteiger partial charge on any atom is -0.493 e. The number of nitrogens with zero attached hydrogens (tertiary/aromatic N) is 3. The van der Waals surface area contributed by atoms with Gasteiger partial charge in [0.25, 0.3) is 11.8 Å². The molecule has 0 radical (unpaired) electrons. The smallest absolute Gasteiger partial charge is 0.258 e. The Balaban J connectivity index is 1.62. The second-order valence-electron chi connectivity index (χ2n) is 8.29. The maximum absolute atomic E-state index is 13.3. The molecule has 8 heteroatoms. The third-order valence-corrected chi connectivity index (χ3v) is 6.06. The predicted molar refractivity (Wildman–Crippen MR) is 123 cm³/mol. The van der Waals surface area contributed by atoms with Gasteiger partial charge in [-0.15, -0.1) is 0 Å². The van der Waals surface area contributed by atoms with E-state index >= 15 is 0 Å². The quantitative estimate of drug-likeness (QED) is 0.654. The van der Waals surface area contributed by atoms with Gasteiger partial charge in [0.2, 0.25) is 0 Å². The molecule has 3 heterocycles. The minimum absolute atomic E-state index is 0.0187. The van der Waals surface area contributed by atoms with Crippen molar-refractivity contribution < 1.29 is 19.1 Å². The number of hydrogen-bond acceptors (Lipinski definition) is 5. The van der Waals surface area contributed by atoms with Gasteiger partial charge < -0.3 is 19.7 Å². The van der Waals surface area contributed by atoms with Crippen LogP contribution in [0.2, 0.25) is 0 Å². The van der Waals surface area contributed by atoms with Crippen molar-refractivity contribution in [2.45, 2.75) is 25.8 Å². The molecule has 1 fully saturated rings. The summed E-state index contributed by atoms with van der Waals surface area (Å²) in [4.78, 5) is 32.2. The van der Waals surface area contributed by atoms with Crippen LogP contribution in [-0.2, 0) is 11.3 Å². The molecule has 1 saturated heterocycles. The maximum atomic E-state index is 13.3. The van der Waals surface area contributed by atoms with Gasteiger partial charge in [0.1, 0.15) is 5.82 Å². The molecular formula is C25H26N4O4. The van der Waals surface area contributed by atoms with Gasteiger partial charge in [-0.3, -0.25) is 14.2 Å². The Kier molecular flexibility index (Phi) is 5.73. The van der Waals surface area contributed by atoms with Crippen LogP contribution in [0.25, 0.3) is 17.1 Å². The van der Waals surface area contributed by atoms with Gasteiger partial charge >= 0.3 is 0 Å². The zero-order valence-corrected chi connectivity index (χ0v) is 18.5. The van der Waals surface area contributed by atoms with Crippen LogP contribution in [0.1, 0.15) is 35.2 Å². The van der Waals surface area contributed by atoms with Gasteiger partial charge in [-0.1, -0.05) is 0 Å². The average Bonchev–Trinajstić information content (AvgIpc) is 3.35. The van der Waals surface area contributed by atoms with Crippen LogP contribution in [0.3, 0.4) is 0 Å². The van der Waals surface area contributed by atoms with E-state index in [9.17, 15) is 9.59 Å². The summed E-state index contributed by atoms with van der Waals surface area (Å²) < 4.78 is 13.1. The molecule has 0 saturated carbocycles. The number of likely N-dealkylation sites (tertiary alicyclic amines) is 1. The van der Waals surface area contributed by atoms with Crippen LogP contribution < -0.4 is 14.8 Å². The van der Waals surface area contributed by atoms with Crippen LogP contribution in [0.4, 0.5) is 0 Å². The summed E-state index contributed by atoms with van der Waals surface area (Å²) in [6.07, 6.45) is 6.81. The van der Waals surface area contributed by atoms with Crippen LogP contribution in [0.5, 0.6) is 11.5 Å². The molecule has 4 bridgehead atoms. The lowest BCUT2D eigenvalue weighted by Gasteiger charge is -2.27. The normalized spacial score (nSPS) is 15.8. The summed E-state index contributed by atoms with van der Waals surface area (Å²) in [6.45, 7) is 1.69. The number of methoxy groups -OCH3 is 1. The first-order valence-corrected chi connectivity index (χ1v) is 11.2. The maximum Gasteiger partial charge on any atom is 0.258 e. The van der Waals surface area contributed by atoms with Gasteiger partial charge in [0.15, 0.2) is 18.1 Å². The Bertz CT molecular complexity index is 1200. The third-order valence-electron chi connectivity index (χ3n) is 6.06. The molecule has 1 N–H and O–H groups in total. The van der Waals surface area contributed by atoms with Gasteiger partial charge in [-0.2, -0.15) is 0 Å². The van der Waals surface area contributed by atoms with Crippen LogP contribution in [0.15, 0.2) is 48.8 Å². The van der Waals surface area contributed by atoms with Crippen molar-refractivity contribution in [3.63, 3.8) is 0 Å². The van der Waals surface area contributed by atoms with E-state index in [4.69, 9.17) is 9.47 Å². The molecule has 3 aromatic rings. The number of benzene rings is 2. The number of amides is 2. The molecule has 0 atom stereocenters. The summed E-state index contributed by atoms with van der Waals surface area (Å²) in [7, 11) is 1.56. The number of aromatic nitrogens is 2. The lowest BCUT2D eigenvalue weighted by atomic mass is 10.0. The number of hydrogen-bond donors (Lipinski definition) is 1. The predicted octanol–water partition coefficient (Wildman–Crippen LogP) is 3.18. The second-order valence-corrected chi connectivity index (χ2v) is 8.29. The van der Waals surface area contributed by atoms with E-state index in [0.29, 0.717) is 22.9 Å². The van der Waals surface area contributed by atoms with Gasteiger partial charge in [-0.25, -0.2) is 4.98 Å².